The van der Waals surface area contributed by atoms with Crippen molar-refractivity contribution in [2.75, 3.05) is 19.6 Å². The molecule has 0 spiro atoms. The third-order valence-corrected chi connectivity index (χ3v) is 6.77. The average Bonchev–Trinajstić information content (AvgIpc) is 2.48. The molecule has 0 atom stereocenters. The number of hydrogen-bond donors (Lipinski definition) is 1. The predicted octanol–water partition coefficient (Wildman–Crippen LogP) is 4.04. The molecule has 2 rings (SSSR count). The van der Waals surface area contributed by atoms with Gasteiger partial charge in [0.25, 0.3) is 0 Å². The third-order valence-electron chi connectivity index (χ3n) is 6.77. The zero-order chi connectivity index (χ0) is 14.8. The molecule has 1 aliphatic heterocycles. The molecule has 2 aliphatic rings. The molecule has 1 aliphatic carbocycles. The van der Waals surface area contributed by atoms with E-state index in [9.17, 15) is 0 Å². The van der Waals surface area contributed by atoms with Gasteiger partial charge in [-0.3, -0.25) is 4.90 Å². The Balaban J connectivity index is 1.98. The molecular weight excluding hydrogens is 244 g/mol. The summed E-state index contributed by atoms with van der Waals surface area (Å²) in [6.45, 7) is 13.1. The molecule has 1 saturated heterocycles. The van der Waals surface area contributed by atoms with Crippen LogP contribution in [0.5, 0.6) is 0 Å². The molecule has 1 saturated carbocycles. The lowest BCUT2D eigenvalue weighted by molar-refractivity contribution is -0.00154. The van der Waals surface area contributed by atoms with Crippen molar-refractivity contribution in [1.82, 2.24) is 4.90 Å². The lowest BCUT2D eigenvalue weighted by atomic mass is 9.65. The second kappa shape index (κ2) is 6.36. The first-order chi connectivity index (χ1) is 9.43. The summed E-state index contributed by atoms with van der Waals surface area (Å²) < 4.78 is 0. The van der Waals surface area contributed by atoms with Crippen LogP contribution in [0, 0.1) is 17.3 Å². The highest BCUT2D eigenvalue weighted by atomic mass is 15.2. The molecule has 0 amide bonds. The maximum atomic E-state index is 6.25. The summed E-state index contributed by atoms with van der Waals surface area (Å²) in [5, 5.41) is 0. The molecule has 20 heavy (non-hydrogen) atoms. The van der Waals surface area contributed by atoms with E-state index in [4.69, 9.17) is 5.73 Å². The van der Waals surface area contributed by atoms with E-state index in [1.165, 1.54) is 58.0 Å². The van der Waals surface area contributed by atoms with Crippen LogP contribution in [-0.2, 0) is 0 Å². The van der Waals surface area contributed by atoms with Crippen molar-refractivity contribution in [1.29, 1.82) is 0 Å². The van der Waals surface area contributed by atoms with Crippen LogP contribution in [0.15, 0.2) is 0 Å². The summed E-state index contributed by atoms with van der Waals surface area (Å²) in [7, 11) is 0. The summed E-state index contributed by atoms with van der Waals surface area (Å²) in [5.41, 5.74) is 7.09. The Morgan fingerprint density at radius 1 is 1.10 bits per heavy atom. The fourth-order valence-electron chi connectivity index (χ4n) is 4.36. The van der Waals surface area contributed by atoms with Gasteiger partial charge in [0, 0.05) is 12.1 Å². The van der Waals surface area contributed by atoms with Crippen LogP contribution in [0.4, 0.5) is 0 Å². The van der Waals surface area contributed by atoms with Gasteiger partial charge in [-0.05, 0) is 68.9 Å². The zero-order valence-corrected chi connectivity index (χ0v) is 14.3. The highest BCUT2D eigenvalue weighted by Gasteiger charge is 2.42. The predicted molar refractivity (Wildman–Crippen MR) is 87.8 cm³/mol. The lowest BCUT2D eigenvalue weighted by Crippen LogP contribution is -2.58. The van der Waals surface area contributed by atoms with Crippen LogP contribution in [0.25, 0.3) is 0 Å². The molecule has 0 unspecified atom stereocenters. The monoisotopic (exact) mass is 280 g/mol. The van der Waals surface area contributed by atoms with Crippen molar-refractivity contribution in [2.24, 2.45) is 23.0 Å². The Labute approximate surface area is 126 Å². The van der Waals surface area contributed by atoms with Gasteiger partial charge >= 0.3 is 0 Å². The maximum absolute atomic E-state index is 6.25. The molecule has 2 fully saturated rings. The van der Waals surface area contributed by atoms with Gasteiger partial charge in [0.05, 0.1) is 0 Å². The van der Waals surface area contributed by atoms with Crippen LogP contribution in [0.3, 0.4) is 0 Å². The average molecular weight is 280 g/mol. The van der Waals surface area contributed by atoms with E-state index < -0.39 is 0 Å². The number of likely N-dealkylation sites (tertiary alicyclic amines) is 1. The first-order valence-corrected chi connectivity index (χ1v) is 8.88. The summed E-state index contributed by atoms with van der Waals surface area (Å²) in [4.78, 5) is 2.75. The maximum Gasteiger partial charge on any atom is 0.0331 e. The van der Waals surface area contributed by atoms with Gasteiger partial charge in [0.1, 0.15) is 0 Å². The SMILES string of the molecule is CCC(C)(C)C1CCC(CN)(N2CCC(C)CC2)CC1. The largest absolute Gasteiger partial charge is 0.329 e. The van der Waals surface area contributed by atoms with Crippen molar-refractivity contribution >= 4 is 0 Å². The molecule has 0 aromatic carbocycles. The summed E-state index contributed by atoms with van der Waals surface area (Å²) in [6.07, 6.45) is 9.44. The van der Waals surface area contributed by atoms with E-state index in [2.05, 4.69) is 32.6 Å². The molecule has 1 heterocycles. The van der Waals surface area contributed by atoms with E-state index in [-0.39, 0.29) is 0 Å². The molecule has 0 aromatic rings. The van der Waals surface area contributed by atoms with Gasteiger partial charge in [0.2, 0.25) is 0 Å². The quantitative estimate of drug-likeness (QED) is 0.842. The van der Waals surface area contributed by atoms with Crippen LogP contribution in [0.2, 0.25) is 0 Å². The molecule has 0 radical (unpaired) electrons. The Hall–Kier alpha value is -0.0800. The second-order valence-electron chi connectivity index (χ2n) is 8.21. The van der Waals surface area contributed by atoms with Crippen molar-refractivity contribution in [3.8, 4) is 0 Å². The standard InChI is InChI=1S/C18H36N2/c1-5-17(3,4)16-6-10-18(14-19,11-7-16)20-12-8-15(2)9-13-20/h15-16H,5-14,19H2,1-4H3. The van der Waals surface area contributed by atoms with E-state index in [0.717, 1.165) is 18.4 Å². The van der Waals surface area contributed by atoms with E-state index in [1.807, 2.05) is 0 Å². The third kappa shape index (κ3) is 3.22. The smallest absolute Gasteiger partial charge is 0.0331 e. The van der Waals surface area contributed by atoms with Crippen LogP contribution >= 0.6 is 0 Å². The second-order valence-corrected chi connectivity index (χ2v) is 8.21. The molecule has 2 nitrogen and oxygen atoms in total. The Morgan fingerprint density at radius 3 is 2.10 bits per heavy atom. The first kappa shape index (κ1) is 16.3. The number of hydrogen-bond acceptors (Lipinski definition) is 2. The van der Waals surface area contributed by atoms with Gasteiger partial charge in [-0.15, -0.1) is 0 Å². The van der Waals surface area contributed by atoms with Gasteiger partial charge in [-0.1, -0.05) is 34.1 Å². The van der Waals surface area contributed by atoms with Crippen molar-refractivity contribution in [3.05, 3.63) is 0 Å². The highest BCUT2D eigenvalue weighted by molar-refractivity contribution is 4.99. The van der Waals surface area contributed by atoms with Gasteiger partial charge in [-0.25, -0.2) is 0 Å². The number of piperidine rings is 1. The first-order valence-electron chi connectivity index (χ1n) is 8.88. The minimum atomic E-state index is 0.334. The van der Waals surface area contributed by atoms with E-state index in [1.54, 1.807) is 0 Å². The van der Waals surface area contributed by atoms with Crippen molar-refractivity contribution < 1.29 is 0 Å². The van der Waals surface area contributed by atoms with Crippen molar-refractivity contribution in [2.45, 2.75) is 78.2 Å². The topological polar surface area (TPSA) is 29.3 Å². The number of nitrogens with zero attached hydrogens (tertiary/aromatic N) is 1. The molecule has 2 N–H and O–H groups in total. The van der Waals surface area contributed by atoms with Gasteiger partial charge in [0.15, 0.2) is 0 Å². The highest BCUT2D eigenvalue weighted by Crippen LogP contribution is 2.45. The summed E-state index contributed by atoms with van der Waals surface area (Å²) >= 11 is 0. The molecule has 0 bridgehead atoms. The van der Waals surface area contributed by atoms with Gasteiger partial charge < -0.3 is 5.73 Å². The minimum Gasteiger partial charge on any atom is -0.329 e. The van der Waals surface area contributed by atoms with Crippen LogP contribution in [0.1, 0.15) is 72.6 Å². The molecule has 118 valence electrons. The van der Waals surface area contributed by atoms with Crippen molar-refractivity contribution in [3.63, 3.8) is 0 Å². The van der Waals surface area contributed by atoms with Gasteiger partial charge in [-0.2, -0.15) is 0 Å². The minimum absolute atomic E-state index is 0.334. The van der Waals surface area contributed by atoms with E-state index >= 15 is 0 Å². The Morgan fingerprint density at radius 2 is 1.65 bits per heavy atom. The summed E-state index contributed by atoms with van der Waals surface area (Å²) in [5.74, 6) is 1.81. The molecule has 2 heteroatoms. The lowest BCUT2D eigenvalue weighted by Gasteiger charge is -2.51. The fourth-order valence-corrected chi connectivity index (χ4v) is 4.36. The zero-order valence-electron chi connectivity index (χ0n) is 14.3. The van der Waals surface area contributed by atoms with Crippen LogP contribution < -0.4 is 5.73 Å². The summed E-state index contributed by atoms with van der Waals surface area (Å²) in [6, 6.07) is 0. The Bertz CT molecular complexity index is 295. The van der Waals surface area contributed by atoms with E-state index in [0.29, 0.717) is 11.0 Å². The normalized spacial score (nSPS) is 34.4. The Kier molecular flexibility index (Phi) is 5.18. The molecular formula is C18H36N2. The van der Waals surface area contributed by atoms with Crippen LogP contribution in [-0.4, -0.2) is 30.1 Å². The fraction of sp³-hybridized carbons (Fsp3) is 1.00. The number of nitrogens with two attached hydrogens (primary N) is 1. The molecule has 0 aromatic heterocycles. The number of rotatable bonds is 4.